The van der Waals surface area contributed by atoms with E-state index in [0.717, 1.165) is 27.9 Å². The summed E-state index contributed by atoms with van der Waals surface area (Å²) in [6.07, 6.45) is 2.75. The van der Waals surface area contributed by atoms with Crippen molar-refractivity contribution in [2.24, 2.45) is 0 Å². The van der Waals surface area contributed by atoms with E-state index in [2.05, 4.69) is 9.71 Å². The predicted octanol–water partition coefficient (Wildman–Crippen LogP) is 2.76. The van der Waals surface area contributed by atoms with Gasteiger partial charge in [-0.15, -0.1) is 0 Å². The molecule has 3 aromatic rings. The minimum absolute atomic E-state index is 0.554. The summed E-state index contributed by atoms with van der Waals surface area (Å²) in [5.74, 6) is 0. The first kappa shape index (κ1) is 11.9. The summed E-state index contributed by atoms with van der Waals surface area (Å²) in [6, 6.07) is 13.4. The predicted molar refractivity (Wildman–Crippen MR) is 77.7 cm³/mol. The highest BCUT2D eigenvalue weighted by Gasteiger charge is 2.08. The van der Waals surface area contributed by atoms with Gasteiger partial charge in [-0.2, -0.15) is 0 Å². The maximum absolute atomic E-state index is 11.4. The van der Waals surface area contributed by atoms with Gasteiger partial charge in [0.2, 0.25) is 10.0 Å². The maximum atomic E-state index is 11.4. The summed E-state index contributed by atoms with van der Waals surface area (Å²) >= 11 is 0. The van der Waals surface area contributed by atoms with Gasteiger partial charge in [-0.05, 0) is 11.5 Å². The van der Waals surface area contributed by atoms with E-state index in [1.54, 1.807) is 12.3 Å². The van der Waals surface area contributed by atoms with Crippen LogP contribution in [0.3, 0.4) is 0 Å². The van der Waals surface area contributed by atoms with Gasteiger partial charge in [0, 0.05) is 17.0 Å². The monoisotopic (exact) mass is 272 g/mol. The number of pyridine rings is 1. The molecule has 5 heteroatoms. The molecule has 0 saturated carbocycles. The molecule has 0 fully saturated rings. The summed E-state index contributed by atoms with van der Waals surface area (Å²) in [5.41, 5.74) is 1.35. The zero-order valence-corrected chi connectivity index (χ0v) is 11.1. The van der Waals surface area contributed by atoms with Crippen molar-refractivity contribution < 1.29 is 8.42 Å². The van der Waals surface area contributed by atoms with Crippen LogP contribution in [0.25, 0.3) is 21.7 Å². The van der Waals surface area contributed by atoms with E-state index < -0.39 is 10.0 Å². The van der Waals surface area contributed by atoms with E-state index >= 15 is 0 Å². The van der Waals surface area contributed by atoms with Crippen LogP contribution in [-0.2, 0) is 10.0 Å². The number of anilines is 1. The fourth-order valence-corrected chi connectivity index (χ4v) is 2.75. The van der Waals surface area contributed by atoms with E-state index in [9.17, 15) is 8.42 Å². The second kappa shape index (κ2) is 4.20. The molecule has 0 bridgehead atoms. The SMILES string of the molecule is CS(=O)(=O)Nc1ccnc2c1ccc1ccccc12. The Hall–Kier alpha value is -2.14. The van der Waals surface area contributed by atoms with Crippen molar-refractivity contribution in [3.05, 3.63) is 48.7 Å². The molecule has 19 heavy (non-hydrogen) atoms. The Balaban J connectivity index is 2.35. The van der Waals surface area contributed by atoms with Gasteiger partial charge in [-0.25, -0.2) is 8.42 Å². The molecular formula is C14H12N2O2S. The van der Waals surface area contributed by atoms with Gasteiger partial charge in [0.05, 0.1) is 17.5 Å². The van der Waals surface area contributed by atoms with Crippen LogP contribution in [0.1, 0.15) is 0 Å². The fraction of sp³-hybridized carbons (Fsp3) is 0.0714. The molecule has 0 unspecified atom stereocenters. The number of nitrogens with one attached hydrogen (secondary N) is 1. The molecule has 0 radical (unpaired) electrons. The lowest BCUT2D eigenvalue weighted by Crippen LogP contribution is -2.09. The Kier molecular flexibility index (Phi) is 2.64. The molecule has 0 aliphatic rings. The standard InChI is InChI=1S/C14H12N2O2S/c1-19(17,18)16-13-8-9-15-14-11-5-3-2-4-10(11)6-7-12(13)14/h2-9H,1H3,(H,15,16). The number of hydrogen-bond donors (Lipinski definition) is 1. The summed E-state index contributed by atoms with van der Waals surface area (Å²) in [6.45, 7) is 0. The molecule has 96 valence electrons. The molecule has 2 aromatic carbocycles. The van der Waals surface area contributed by atoms with Gasteiger partial charge < -0.3 is 0 Å². The third-order valence-corrected chi connectivity index (χ3v) is 3.52. The Morgan fingerprint density at radius 2 is 1.79 bits per heavy atom. The molecule has 0 aliphatic heterocycles. The topological polar surface area (TPSA) is 59.1 Å². The van der Waals surface area contributed by atoms with E-state index in [4.69, 9.17) is 0 Å². The van der Waals surface area contributed by atoms with Crippen molar-refractivity contribution in [3.8, 4) is 0 Å². The minimum Gasteiger partial charge on any atom is -0.283 e. The Morgan fingerprint density at radius 1 is 1.00 bits per heavy atom. The molecule has 0 atom stereocenters. The van der Waals surface area contributed by atoms with E-state index in [1.807, 2.05) is 36.4 Å². The first-order chi connectivity index (χ1) is 9.04. The van der Waals surface area contributed by atoms with Crippen molar-refractivity contribution >= 4 is 37.4 Å². The highest BCUT2D eigenvalue weighted by atomic mass is 32.2. The van der Waals surface area contributed by atoms with Crippen molar-refractivity contribution in [1.82, 2.24) is 4.98 Å². The molecule has 1 N–H and O–H groups in total. The molecular weight excluding hydrogens is 260 g/mol. The van der Waals surface area contributed by atoms with Crippen molar-refractivity contribution in [2.75, 3.05) is 11.0 Å². The number of benzene rings is 2. The van der Waals surface area contributed by atoms with Crippen LogP contribution < -0.4 is 4.72 Å². The van der Waals surface area contributed by atoms with Crippen LogP contribution in [0.4, 0.5) is 5.69 Å². The third kappa shape index (κ3) is 2.24. The van der Waals surface area contributed by atoms with Crippen molar-refractivity contribution in [3.63, 3.8) is 0 Å². The van der Waals surface area contributed by atoms with Crippen LogP contribution in [0, 0.1) is 0 Å². The number of nitrogens with zero attached hydrogens (tertiary/aromatic N) is 1. The van der Waals surface area contributed by atoms with Crippen LogP contribution >= 0.6 is 0 Å². The quantitative estimate of drug-likeness (QED) is 0.730. The smallest absolute Gasteiger partial charge is 0.229 e. The van der Waals surface area contributed by atoms with Crippen LogP contribution in [0.2, 0.25) is 0 Å². The molecule has 1 heterocycles. The summed E-state index contributed by atoms with van der Waals surface area (Å²) in [5, 5.41) is 2.89. The van der Waals surface area contributed by atoms with E-state index in [0.29, 0.717) is 5.69 Å². The molecule has 0 spiro atoms. The van der Waals surface area contributed by atoms with Gasteiger partial charge in [0.25, 0.3) is 0 Å². The zero-order valence-electron chi connectivity index (χ0n) is 10.3. The first-order valence-corrected chi connectivity index (χ1v) is 7.68. The molecule has 3 rings (SSSR count). The first-order valence-electron chi connectivity index (χ1n) is 5.79. The summed E-state index contributed by atoms with van der Waals surface area (Å²) in [4.78, 5) is 4.37. The second-order valence-corrected chi connectivity index (χ2v) is 6.16. The average Bonchev–Trinajstić information content (AvgIpc) is 2.37. The van der Waals surface area contributed by atoms with Crippen LogP contribution in [-0.4, -0.2) is 19.7 Å². The van der Waals surface area contributed by atoms with Crippen molar-refractivity contribution in [1.29, 1.82) is 0 Å². The van der Waals surface area contributed by atoms with E-state index in [1.165, 1.54) is 0 Å². The van der Waals surface area contributed by atoms with Gasteiger partial charge >= 0.3 is 0 Å². The summed E-state index contributed by atoms with van der Waals surface area (Å²) < 4.78 is 25.3. The lowest BCUT2D eigenvalue weighted by molar-refractivity contribution is 0.607. The number of aromatic nitrogens is 1. The average molecular weight is 272 g/mol. The van der Waals surface area contributed by atoms with E-state index in [-0.39, 0.29) is 0 Å². The van der Waals surface area contributed by atoms with Gasteiger partial charge in [-0.1, -0.05) is 36.4 Å². The van der Waals surface area contributed by atoms with Crippen LogP contribution in [0.5, 0.6) is 0 Å². The van der Waals surface area contributed by atoms with Gasteiger partial charge in [0.1, 0.15) is 0 Å². The van der Waals surface area contributed by atoms with Crippen molar-refractivity contribution in [2.45, 2.75) is 0 Å². The number of fused-ring (bicyclic) bond motifs is 3. The molecule has 0 saturated heterocycles. The lowest BCUT2D eigenvalue weighted by atomic mass is 10.1. The molecule has 0 amide bonds. The highest BCUT2D eigenvalue weighted by Crippen LogP contribution is 2.28. The Bertz CT molecular complexity index is 873. The third-order valence-electron chi connectivity index (χ3n) is 2.93. The molecule has 0 aliphatic carbocycles. The second-order valence-electron chi connectivity index (χ2n) is 4.42. The normalized spacial score (nSPS) is 11.8. The number of hydrogen-bond acceptors (Lipinski definition) is 3. The Labute approximate surface area is 111 Å². The molecule has 4 nitrogen and oxygen atoms in total. The summed E-state index contributed by atoms with van der Waals surface area (Å²) in [7, 11) is -3.30. The minimum atomic E-state index is -3.30. The van der Waals surface area contributed by atoms with Crippen LogP contribution in [0.15, 0.2) is 48.7 Å². The zero-order chi connectivity index (χ0) is 13.5. The van der Waals surface area contributed by atoms with Gasteiger partial charge in [-0.3, -0.25) is 9.71 Å². The fourth-order valence-electron chi connectivity index (χ4n) is 2.18. The largest absolute Gasteiger partial charge is 0.283 e. The number of sulfonamides is 1. The molecule has 1 aromatic heterocycles. The Morgan fingerprint density at radius 3 is 2.58 bits per heavy atom. The lowest BCUT2D eigenvalue weighted by Gasteiger charge is -2.09. The maximum Gasteiger partial charge on any atom is 0.229 e. The number of rotatable bonds is 2. The van der Waals surface area contributed by atoms with Gasteiger partial charge in [0.15, 0.2) is 0 Å². The highest BCUT2D eigenvalue weighted by molar-refractivity contribution is 7.92.